The van der Waals surface area contributed by atoms with Crippen molar-refractivity contribution in [2.75, 3.05) is 19.7 Å². The molecule has 2 N–H and O–H groups in total. The monoisotopic (exact) mass is 262 g/mol. The van der Waals surface area contributed by atoms with Gasteiger partial charge in [-0.1, -0.05) is 24.6 Å². The highest BCUT2D eigenvalue weighted by Gasteiger charge is 2.13. The largest absolute Gasteiger partial charge is 0.493 e. The quantitative estimate of drug-likeness (QED) is 0.827. The Morgan fingerprint density at radius 2 is 2.11 bits per heavy atom. The molecule has 3 nitrogen and oxygen atoms in total. The van der Waals surface area contributed by atoms with Crippen LogP contribution < -0.4 is 15.4 Å². The van der Waals surface area contributed by atoms with Crippen molar-refractivity contribution in [2.24, 2.45) is 0 Å². The Morgan fingerprint density at radius 3 is 2.84 bits per heavy atom. The lowest BCUT2D eigenvalue weighted by Crippen LogP contribution is -2.39. The molecule has 1 saturated heterocycles. The van der Waals surface area contributed by atoms with Crippen LogP contribution in [0.1, 0.15) is 37.3 Å². The van der Waals surface area contributed by atoms with E-state index in [0.717, 1.165) is 38.4 Å². The predicted octanol–water partition coefficient (Wildman–Crippen LogP) is 2.63. The van der Waals surface area contributed by atoms with Gasteiger partial charge in [-0.25, -0.2) is 0 Å². The van der Waals surface area contributed by atoms with Gasteiger partial charge in [-0.05, 0) is 45.3 Å². The number of hydrogen-bond donors (Lipinski definition) is 2. The van der Waals surface area contributed by atoms with Crippen molar-refractivity contribution in [1.82, 2.24) is 10.6 Å². The predicted molar refractivity (Wildman–Crippen MR) is 79.7 cm³/mol. The summed E-state index contributed by atoms with van der Waals surface area (Å²) in [4.78, 5) is 0. The molecule has 0 radical (unpaired) electrons. The minimum Gasteiger partial charge on any atom is -0.493 e. The zero-order valence-electron chi connectivity index (χ0n) is 12.2. The molecule has 2 rings (SSSR count). The van der Waals surface area contributed by atoms with Crippen LogP contribution in [0.2, 0.25) is 0 Å². The molecule has 1 heterocycles. The molecular weight excluding hydrogens is 236 g/mol. The van der Waals surface area contributed by atoms with Gasteiger partial charge in [0.2, 0.25) is 0 Å². The van der Waals surface area contributed by atoms with Gasteiger partial charge >= 0.3 is 0 Å². The number of nitrogens with one attached hydrogen (secondary N) is 2. The van der Waals surface area contributed by atoms with E-state index >= 15 is 0 Å². The fraction of sp³-hybridized carbons (Fsp3) is 0.625. The van der Waals surface area contributed by atoms with Crippen molar-refractivity contribution in [3.8, 4) is 5.75 Å². The van der Waals surface area contributed by atoms with Crippen LogP contribution in [-0.2, 0) is 6.54 Å². The lowest BCUT2D eigenvalue weighted by atomic mass is 10.1. The molecule has 0 aliphatic carbocycles. The highest BCUT2D eigenvalue weighted by Crippen LogP contribution is 2.20. The summed E-state index contributed by atoms with van der Waals surface area (Å²) in [6, 6.07) is 7.10. The molecule has 0 unspecified atom stereocenters. The molecule has 1 aromatic rings. The van der Waals surface area contributed by atoms with E-state index < -0.39 is 0 Å². The molecule has 1 aliphatic rings. The smallest absolute Gasteiger partial charge is 0.123 e. The Labute approximate surface area is 116 Å². The van der Waals surface area contributed by atoms with Crippen LogP contribution >= 0.6 is 0 Å². The molecule has 0 saturated carbocycles. The lowest BCUT2D eigenvalue weighted by molar-refractivity contribution is 0.311. The third-order valence-corrected chi connectivity index (χ3v) is 3.60. The van der Waals surface area contributed by atoms with Crippen LogP contribution in [0.4, 0.5) is 0 Å². The SMILES string of the molecule is CCCOc1ccc(C)cc1CNC1CCNCC1. The fourth-order valence-electron chi connectivity index (χ4n) is 2.48. The molecular formula is C16H26N2O. The molecule has 0 atom stereocenters. The van der Waals surface area contributed by atoms with Gasteiger partial charge in [0, 0.05) is 18.2 Å². The second-order valence-corrected chi connectivity index (χ2v) is 5.36. The molecule has 1 aromatic carbocycles. The van der Waals surface area contributed by atoms with Gasteiger partial charge in [0.1, 0.15) is 5.75 Å². The first-order chi connectivity index (χ1) is 9.29. The van der Waals surface area contributed by atoms with Crippen molar-refractivity contribution >= 4 is 0 Å². The topological polar surface area (TPSA) is 33.3 Å². The molecule has 0 amide bonds. The van der Waals surface area contributed by atoms with E-state index in [-0.39, 0.29) is 0 Å². The normalized spacial score (nSPS) is 16.5. The Balaban J connectivity index is 1.94. The lowest BCUT2D eigenvalue weighted by Gasteiger charge is -2.24. The molecule has 0 bridgehead atoms. The minimum atomic E-state index is 0.640. The molecule has 3 heteroatoms. The average molecular weight is 262 g/mol. The molecule has 1 fully saturated rings. The van der Waals surface area contributed by atoms with Gasteiger partial charge in [-0.3, -0.25) is 0 Å². The van der Waals surface area contributed by atoms with E-state index in [1.54, 1.807) is 0 Å². The average Bonchev–Trinajstić information content (AvgIpc) is 2.45. The van der Waals surface area contributed by atoms with E-state index in [9.17, 15) is 0 Å². The van der Waals surface area contributed by atoms with E-state index in [4.69, 9.17) is 4.74 Å². The zero-order valence-corrected chi connectivity index (χ0v) is 12.2. The first-order valence-corrected chi connectivity index (χ1v) is 7.46. The fourth-order valence-corrected chi connectivity index (χ4v) is 2.48. The second-order valence-electron chi connectivity index (χ2n) is 5.36. The van der Waals surface area contributed by atoms with Gasteiger partial charge in [-0.15, -0.1) is 0 Å². The molecule has 1 aliphatic heterocycles. The maximum Gasteiger partial charge on any atom is 0.123 e. The third kappa shape index (κ3) is 4.51. The summed E-state index contributed by atoms with van der Waals surface area (Å²) in [5.41, 5.74) is 2.58. The van der Waals surface area contributed by atoms with Crippen molar-refractivity contribution < 1.29 is 4.74 Å². The van der Waals surface area contributed by atoms with Crippen LogP contribution in [0, 0.1) is 6.92 Å². The van der Waals surface area contributed by atoms with Gasteiger partial charge in [0.15, 0.2) is 0 Å². The Bertz CT molecular complexity index is 386. The first kappa shape index (κ1) is 14.4. The summed E-state index contributed by atoms with van der Waals surface area (Å²) < 4.78 is 5.83. The Hall–Kier alpha value is -1.06. The highest BCUT2D eigenvalue weighted by molar-refractivity contribution is 5.36. The summed E-state index contributed by atoms with van der Waals surface area (Å²) in [6.07, 6.45) is 3.49. The van der Waals surface area contributed by atoms with Gasteiger partial charge < -0.3 is 15.4 Å². The van der Waals surface area contributed by atoms with Crippen molar-refractivity contribution in [3.05, 3.63) is 29.3 Å². The van der Waals surface area contributed by atoms with Gasteiger partial charge in [0.05, 0.1) is 6.61 Å². The van der Waals surface area contributed by atoms with E-state index in [0.29, 0.717) is 6.04 Å². The third-order valence-electron chi connectivity index (χ3n) is 3.60. The number of ether oxygens (including phenoxy) is 1. The van der Waals surface area contributed by atoms with Crippen LogP contribution in [0.3, 0.4) is 0 Å². The molecule has 0 spiro atoms. The number of hydrogen-bond acceptors (Lipinski definition) is 3. The van der Waals surface area contributed by atoms with Crippen molar-refractivity contribution in [1.29, 1.82) is 0 Å². The maximum atomic E-state index is 5.83. The first-order valence-electron chi connectivity index (χ1n) is 7.46. The van der Waals surface area contributed by atoms with Gasteiger partial charge in [0.25, 0.3) is 0 Å². The van der Waals surface area contributed by atoms with E-state index in [2.05, 4.69) is 42.7 Å². The second kappa shape index (κ2) is 7.51. The summed E-state index contributed by atoms with van der Waals surface area (Å²) in [5.74, 6) is 1.04. The standard InChI is InChI=1S/C16H26N2O/c1-3-10-19-16-5-4-13(2)11-14(16)12-18-15-6-8-17-9-7-15/h4-5,11,15,17-18H,3,6-10,12H2,1-2H3. The van der Waals surface area contributed by atoms with Crippen molar-refractivity contribution in [3.63, 3.8) is 0 Å². The molecule has 106 valence electrons. The summed E-state index contributed by atoms with van der Waals surface area (Å²) in [7, 11) is 0. The number of benzene rings is 1. The zero-order chi connectivity index (χ0) is 13.5. The number of aryl methyl sites for hydroxylation is 1. The van der Waals surface area contributed by atoms with Crippen molar-refractivity contribution in [2.45, 2.75) is 45.7 Å². The van der Waals surface area contributed by atoms with Gasteiger partial charge in [-0.2, -0.15) is 0 Å². The van der Waals surface area contributed by atoms with Crippen LogP contribution in [0.5, 0.6) is 5.75 Å². The maximum absolute atomic E-state index is 5.83. The summed E-state index contributed by atoms with van der Waals surface area (Å²) >= 11 is 0. The van der Waals surface area contributed by atoms with Crippen LogP contribution in [0.15, 0.2) is 18.2 Å². The van der Waals surface area contributed by atoms with E-state index in [1.165, 1.54) is 24.0 Å². The van der Waals surface area contributed by atoms with Crippen LogP contribution in [-0.4, -0.2) is 25.7 Å². The Kier molecular flexibility index (Phi) is 5.67. The van der Waals surface area contributed by atoms with Crippen LogP contribution in [0.25, 0.3) is 0 Å². The molecule has 19 heavy (non-hydrogen) atoms. The summed E-state index contributed by atoms with van der Waals surface area (Å²) in [5, 5.41) is 7.06. The Morgan fingerprint density at radius 1 is 1.32 bits per heavy atom. The highest BCUT2D eigenvalue weighted by atomic mass is 16.5. The molecule has 0 aromatic heterocycles. The summed E-state index contributed by atoms with van der Waals surface area (Å²) in [6.45, 7) is 8.24. The minimum absolute atomic E-state index is 0.640. The number of piperidine rings is 1. The number of rotatable bonds is 6. The van der Waals surface area contributed by atoms with E-state index in [1.807, 2.05) is 0 Å².